The van der Waals surface area contributed by atoms with Gasteiger partial charge in [-0.3, -0.25) is 0 Å². The molecule has 1 atom stereocenters. The standard InChI is InChI=1S/C8H15N4OP/c1-8-9-7-12(10-8)14(13-2)11-5-3-4-6-11/h7H,3-6H2,1-2H3. The average Bonchev–Trinajstić information content (AvgIpc) is 2.79. The van der Waals surface area contributed by atoms with Crippen LogP contribution in [-0.4, -0.2) is 39.4 Å². The first-order valence-electron chi connectivity index (χ1n) is 4.79. The topological polar surface area (TPSA) is 43.2 Å². The summed E-state index contributed by atoms with van der Waals surface area (Å²) in [5, 5.41) is 4.29. The Labute approximate surface area is 85.0 Å². The fraction of sp³-hybridized carbons (Fsp3) is 0.750. The van der Waals surface area contributed by atoms with Crippen LogP contribution in [-0.2, 0) is 4.52 Å². The molecule has 1 saturated heterocycles. The lowest BCUT2D eigenvalue weighted by atomic mass is 10.4. The highest BCUT2D eigenvalue weighted by Crippen LogP contribution is 2.43. The van der Waals surface area contributed by atoms with Gasteiger partial charge in [-0.2, -0.15) is 4.45 Å². The molecule has 1 aliphatic heterocycles. The first-order chi connectivity index (χ1) is 6.81. The quantitative estimate of drug-likeness (QED) is 0.713. The lowest BCUT2D eigenvalue weighted by molar-refractivity contribution is 0.385. The normalized spacial score (nSPS) is 20.1. The summed E-state index contributed by atoms with van der Waals surface area (Å²) in [6.45, 7) is 4.11. The van der Waals surface area contributed by atoms with Crippen LogP contribution in [0.3, 0.4) is 0 Å². The van der Waals surface area contributed by atoms with Gasteiger partial charge >= 0.3 is 0 Å². The van der Waals surface area contributed by atoms with Crippen molar-refractivity contribution in [3.05, 3.63) is 12.2 Å². The van der Waals surface area contributed by atoms with E-state index in [1.165, 1.54) is 12.8 Å². The molecule has 0 N–H and O–H groups in total. The van der Waals surface area contributed by atoms with Crippen LogP contribution < -0.4 is 0 Å². The van der Waals surface area contributed by atoms with E-state index in [4.69, 9.17) is 4.52 Å². The van der Waals surface area contributed by atoms with Gasteiger partial charge in [-0.1, -0.05) is 0 Å². The van der Waals surface area contributed by atoms with Gasteiger partial charge in [0.2, 0.25) is 8.45 Å². The Morgan fingerprint density at radius 3 is 2.64 bits per heavy atom. The van der Waals surface area contributed by atoms with Gasteiger partial charge in [0.15, 0.2) is 0 Å². The van der Waals surface area contributed by atoms with Crippen LogP contribution in [0.5, 0.6) is 0 Å². The Bertz CT molecular complexity index is 297. The molecule has 0 saturated carbocycles. The molecule has 6 heteroatoms. The summed E-state index contributed by atoms with van der Waals surface area (Å²) in [5.74, 6) is 0.800. The highest BCUT2D eigenvalue weighted by Gasteiger charge is 2.24. The van der Waals surface area contributed by atoms with Crippen LogP contribution in [0, 0.1) is 6.92 Å². The van der Waals surface area contributed by atoms with Crippen LogP contribution >= 0.6 is 8.45 Å². The van der Waals surface area contributed by atoms with E-state index < -0.39 is 8.45 Å². The fourth-order valence-electron chi connectivity index (χ4n) is 1.62. The number of hydrogen-bond donors (Lipinski definition) is 0. The molecule has 0 radical (unpaired) electrons. The molecule has 0 aliphatic carbocycles. The summed E-state index contributed by atoms with van der Waals surface area (Å²) in [4.78, 5) is 4.12. The van der Waals surface area contributed by atoms with Crippen molar-refractivity contribution >= 4 is 8.45 Å². The van der Waals surface area contributed by atoms with Gasteiger partial charge in [-0.15, -0.1) is 5.10 Å². The Morgan fingerprint density at radius 2 is 2.14 bits per heavy atom. The van der Waals surface area contributed by atoms with Crippen LogP contribution in [0.15, 0.2) is 6.33 Å². The zero-order chi connectivity index (χ0) is 9.97. The summed E-state index contributed by atoms with van der Waals surface area (Å²) in [6, 6.07) is 0. The van der Waals surface area contributed by atoms with Crippen molar-refractivity contribution in [2.75, 3.05) is 20.2 Å². The average molecular weight is 214 g/mol. The van der Waals surface area contributed by atoms with E-state index >= 15 is 0 Å². The fourth-order valence-corrected chi connectivity index (χ4v) is 3.25. The van der Waals surface area contributed by atoms with Crippen molar-refractivity contribution in [3.8, 4) is 0 Å². The Kier molecular flexibility index (Phi) is 3.11. The summed E-state index contributed by atoms with van der Waals surface area (Å²) < 4.78 is 9.66. The molecule has 2 rings (SSSR count). The molecule has 5 nitrogen and oxygen atoms in total. The van der Waals surface area contributed by atoms with E-state index in [9.17, 15) is 0 Å². The molecule has 1 aromatic heterocycles. The number of aromatic nitrogens is 3. The van der Waals surface area contributed by atoms with Gasteiger partial charge in [-0.25, -0.2) is 9.65 Å². The number of nitrogens with zero attached hydrogens (tertiary/aromatic N) is 4. The van der Waals surface area contributed by atoms with E-state index in [1.807, 2.05) is 11.4 Å². The van der Waals surface area contributed by atoms with Gasteiger partial charge < -0.3 is 4.52 Å². The van der Waals surface area contributed by atoms with Crippen molar-refractivity contribution in [2.45, 2.75) is 19.8 Å². The summed E-state index contributed by atoms with van der Waals surface area (Å²) >= 11 is 0. The molecule has 78 valence electrons. The van der Waals surface area contributed by atoms with E-state index in [2.05, 4.69) is 14.8 Å². The molecule has 0 spiro atoms. The molecule has 1 aliphatic rings. The third kappa shape index (κ3) is 1.95. The first kappa shape index (κ1) is 10.0. The molecule has 1 aromatic rings. The molecular weight excluding hydrogens is 199 g/mol. The van der Waals surface area contributed by atoms with Crippen LogP contribution in [0.25, 0.3) is 0 Å². The zero-order valence-electron chi connectivity index (χ0n) is 8.55. The Morgan fingerprint density at radius 1 is 1.43 bits per heavy atom. The van der Waals surface area contributed by atoms with Gasteiger partial charge in [0, 0.05) is 20.2 Å². The van der Waals surface area contributed by atoms with Gasteiger partial charge in [-0.05, 0) is 19.8 Å². The van der Waals surface area contributed by atoms with Crippen molar-refractivity contribution in [3.63, 3.8) is 0 Å². The predicted molar refractivity (Wildman–Crippen MR) is 54.9 cm³/mol. The maximum absolute atomic E-state index is 5.48. The highest BCUT2D eigenvalue weighted by atomic mass is 31.2. The van der Waals surface area contributed by atoms with Gasteiger partial charge in [0.25, 0.3) is 0 Å². The second kappa shape index (κ2) is 4.34. The molecule has 1 unspecified atom stereocenters. The Balaban J connectivity index is 2.12. The summed E-state index contributed by atoms with van der Waals surface area (Å²) in [7, 11) is 0.980. The van der Waals surface area contributed by atoms with Gasteiger partial charge in [0.1, 0.15) is 12.2 Å². The smallest absolute Gasteiger partial charge is 0.240 e. The second-order valence-corrected chi connectivity index (χ2v) is 5.15. The molecule has 14 heavy (non-hydrogen) atoms. The predicted octanol–water partition coefficient (Wildman–Crippen LogP) is 1.40. The molecule has 0 amide bonds. The molecule has 2 heterocycles. The molecule has 0 aromatic carbocycles. The maximum atomic E-state index is 5.48. The molecular formula is C8H15N4OP. The minimum atomic E-state index is -0.757. The van der Waals surface area contributed by atoms with Crippen molar-refractivity contribution in [1.82, 2.24) is 19.2 Å². The third-order valence-electron chi connectivity index (χ3n) is 2.26. The van der Waals surface area contributed by atoms with Crippen LogP contribution in [0.4, 0.5) is 0 Å². The van der Waals surface area contributed by atoms with Crippen LogP contribution in [0.2, 0.25) is 0 Å². The van der Waals surface area contributed by atoms with E-state index in [1.54, 1.807) is 13.4 Å². The maximum Gasteiger partial charge on any atom is 0.240 e. The minimum Gasteiger partial charge on any atom is -0.329 e. The summed E-state index contributed by atoms with van der Waals surface area (Å²) in [5.41, 5.74) is 0. The van der Waals surface area contributed by atoms with Crippen molar-refractivity contribution < 1.29 is 4.52 Å². The van der Waals surface area contributed by atoms with Gasteiger partial charge in [0.05, 0.1) is 0 Å². The lowest BCUT2D eigenvalue weighted by Gasteiger charge is -2.23. The van der Waals surface area contributed by atoms with Crippen molar-refractivity contribution in [1.29, 1.82) is 0 Å². The van der Waals surface area contributed by atoms with E-state index in [-0.39, 0.29) is 0 Å². The largest absolute Gasteiger partial charge is 0.329 e. The van der Waals surface area contributed by atoms with Crippen molar-refractivity contribution in [2.24, 2.45) is 0 Å². The van der Waals surface area contributed by atoms with E-state index in [0.717, 1.165) is 18.9 Å². The minimum absolute atomic E-state index is 0.757. The van der Waals surface area contributed by atoms with Crippen LogP contribution in [0.1, 0.15) is 18.7 Å². The number of rotatable bonds is 3. The van der Waals surface area contributed by atoms with E-state index in [0.29, 0.717) is 0 Å². The Hall–Kier alpha value is -0.510. The zero-order valence-corrected chi connectivity index (χ0v) is 9.44. The second-order valence-electron chi connectivity index (χ2n) is 3.31. The highest BCUT2D eigenvalue weighted by molar-refractivity contribution is 7.48. The lowest BCUT2D eigenvalue weighted by Crippen LogP contribution is -2.17. The number of aryl methyl sites for hydroxylation is 1. The molecule has 1 fully saturated rings. The monoisotopic (exact) mass is 214 g/mol. The third-order valence-corrected chi connectivity index (χ3v) is 4.01. The number of hydrogen-bond acceptors (Lipinski definition) is 4. The SMILES string of the molecule is COP(N1CCCC1)n1cnc(C)n1. The summed E-state index contributed by atoms with van der Waals surface area (Å²) in [6.07, 6.45) is 4.27. The molecule has 0 bridgehead atoms. The first-order valence-corrected chi connectivity index (χ1v) is 5.95.